The third kappa shape index (κ3) is 3.32. The van der Waals surface area contributed by atoms with Crippen LogP contribution in [-0.4, -0.2) is 34.3 Å². The number of hydrogen-bond acceptors (Lipinski definition) is 3. The molecule has 0 heterocycles. The van der Waals surface area contributed by atoms with E-state index < -0.39 is 23.5 Å². The van der Waals surface area contributed by atoms with Crippen LogP contribution >= 0.6 is 0 Å². The molecule has 0 unspecified atom stereocenters. The highest BCUT2D eigenvalue weighted by atomic mass is 19.3. The van der Waals surface area contributed by atoms with Gasteiger partial charge in [0.25, 0.3) is 5.92 Å². The molecule has 0 saturated heterocycles. The molecule has 4 nitrogen and oxygen atoms in total. The number of aliphatic hydroxyl groups is 2. The quantitative estimate of drug-likeness (QED) is 0.631. The van der Waals surface area contributed by atoms with Gasteiger partial charge in [0, 0.05) is 12.8 Å². The fraction of sp³-hybridized carbons (Fsp3) is 0.958. The number of nitrogens with two attached hydrogens (primary N) is 1. The molecule has 4 aliphatic carbocycles. The van der Waals surface area contributed by atoms with Gasteiger partial charge in [0.15, 0.2) is 0 Å². The highest BCUT2D eigenvalue weighted by Gasteiger charge is 2.66. The molecule has 0 aliphatic heterocycles. The lowest BCUT2D eigenvalue weighted by atomic mass is 9.43. The summed E-state index contributed by atoms with van der Waals surface area (Å²) in [4.78, 5) is 11.3. The minimum atomic E-state index is -3.04. The third-order valence-electron chi connectivity index (χ3n) is 10.3. The maximum Gasteiger partial charge on any atom is 0.274 e. The van der Waals surface area contributed by atoms with Crippen LogP contribution in [0.2, 0.25) is 0 Å². The van der Waals surface area contributed by atoms with Crippen molar-refractivity contribution in [2.24, 2.45) is 52.1 Å². The Kier molecular flexibility index (Phi) is 5.53. The van der Waals surface area contributed by atoms with E-state index >= 15 is 0 Å². The van der Waals surface area contributed by atoms with Gasteiger partial charge >= 0.3 is 0 Å². The van der Waals surface area contributed by atoms with E-state index in [9.17, 15) is 23.8 Å². The van der Waals surface area contributed by atoms with Gasteiger partial charge in [-0.1, -0.05) is 20.8 Å². The van der Waals surface area contributed by atoms with Crippen LogP contribution in [-0.2, 0) is 4.79 Å². The lowest BCUT2D eigenvalue weighted by molar-refractivity contribution is -0.236. The minimum absolute atomic E-state index is 0.0422. The van der Waals surface area contributed by atoms with Crippen LogP contribution in [0.5, 0.6) is 0 Å². The van der Waals surface area contributed by atoms with Gasteiger partial charge in [-0.15, -0.1) is 0 Å². The Labute approximate surface area is 179 Å². The van der Waals surface area contributed by atoms with Gasteiger partial charge in [-0.2, -0.15) is 0 Å². The van der Waals surface area contributed by atoms with Crippen molar-refractivity contribution in [1.29, 1.82) is 0 Å². The Balaban J connectivity index is 1.59. The van der Waals surface area contributed by atoms with E-state index in [-0.39, 0.29) is 41.9 Å². The van der Waals surface area contributed by atoms with Crippen LogP contribution in [0.3, 0.4) is 0 Å². The lowest BCUT2D eigenvalue weighted by Crippen LogP contribution is -2.62. The summed E-state index contributed by atoms with van der Waals surface area (Å²) in [7, 11) is 0. The summed E-state index contributed by atoms with van der Waals surface area (Å²) in [5, 5.41) is 21.2. The van der Waals surface area contributed by atoms with Gasteiger partial charge in [-0.05, 0) is 91.3 Å². The third-order valence-corrected chi connectivity index (χ3v) is 10.3. The summed E-state index contributed by atoms with van der Waals surface area (Å²) >= 11 is 0. The van der Waals surface area contributed by atoms with E-state index in [2.05, 4.69) is 13.8 Å². The Hall–Kier alpha value is -0.750. The Morgan fingerprint density at radius 3 is 2.43 bits per heavy atom. The number of rotatable bonds is 4. The Morgan fingerprint density at radius 1 is 1.10 bits per heavy atom. The molecule has 172 valence electrons. The van der Waals surface area contributed by atoms with Crippen molar-refractivity contribution in [2.45, 2.75) is 96.7 Å². The van der Waals surface area contributed by atoms with E-state index in [1.54, 1.807) is 0 Å². The van der Waals surface area contributed by atoms with Crippen molar-refractivity contribution in [2.75, 3.05) is 0 Å². The summed E-state index contributed by atoms with van der Waals surface area (Å²) < 4.78 is 29.2. The normalized spacial score (nSPS) is 50.8. The molecule has 1 amide bonds. The van der Waals surface area contributed by atoms with Crippen LogP contribution < -0.4 is 5.73 Å². The molecule has 0 bridgehead atoms. The van der Waals surface area contributed by atoms with E-state index in [1.807, 2.05) is 6.92 Å². The van der Waals surface area contributed by atoms with Gasteiger partial charge in [0.1, 0.15) is 6.10 Å². The van der Waals surface area contributed by atoms with Crippen LogP contribution in [0.1, 0.15) is 78.6 Å². The molecule has 10 atom stereocenters. The Morgan fingerprint density at radius 2 is 1.77 bits per heavy atom. The monoisotopic (exact) mass is 427 g/mol. The maximum atomic E-state index is 14.6. The molecule has 30 heavy (non-hydrogen) atoms. The molecule has 4 N–H and O–H groups in total. The minimum Gasteiger partial charge on any atom is -0.393 e. The van der Waals surface area contributed by atoms with Crippen molar-refractivity contribution >= 4 is 5.91 Å². The zero-order valence-corrected chi connectivity index (χ0v) is 18.6. The highest BCUT2D eigenvalue weighted by Crippen LogP contribution is 2.69. The number of carbonyl (C=O) groups excluding carboxylic acids is 1. The average molecular weight is 428 g/mol. The standard InChI is InChI=1S/C24H39F2NO3/c1-13(4-7-20(27)30)15-5-6-16-21-17(8-9-22(15,16)2)23(3)12-24(25,26)19(29)11-14(23)10-18(21)28/h13-19,21,28-29H,4-12H2,1-3H3,(H2,27,30)/t13-,14-,15-,16+,17+,18+,19-,21+,22-,23+/m1/s1. The van der Waals surface area contributed by atoms with Crippen LogP contribution in [0.15, 0.2) is 0 Å². The number of primary amides is 1. The molecule has 4 aliphatic rings. The molecular weight excluding hydrogens is 388 g/mol. The van der Waals surface area contributed by atoms with E-state index in [1.165, 1.54) is 0 Å². The summed E-state index contributed by atoms with van der Waals surface area (Å²) in [6.07, 6.45) is 3.46. The predicted molar refractivity (Wildman–Crippen MR) is 111 cm³/mol. The number of aliphatic hydroxyl groups excluding tert-OH is 2. The number of carbonyl (C=O) groups is 1. The SMILES string of the molecule is C[C@H](CCC(N)=O)[C@H]1CC[C@H]2[C@@H]3[C@@H](O)C[C@@H]4C[C@@H](O)C(F)(F)C[C@]4(C)[C@H]3CC[C@]12C. The second kappa shape index (κ2) is 7.40. The molecule has 0 spiro atoms. The highest BCUT2D eigenvalue weighted by molar-refractivity contribution is 5.73. The smallest absolute Gasteiger partial charge is 0.274 e. The van der Waals surface area contributed by atoms with Gasteiger partial charge in [0.05, 0.1) is 6.10 Å². The second-order valence-corrected chi connectivity index (χ2v) is 11.7. The number of fused-ring (bicyclic) bond motifs is 5. The maximum absolute atomic E-state index is 14.6. The van der Waals surface area contributed by atoms with Crippen LogP contribution in [0.25, 0.3) is 0 Å². The molecule has 6 heteroatoms. The fourth-order valence-electron chi connectivity index (χ4n) is 8.78. The Bertz CT molecular complexity index is 687. The summed E-state index contributed by atoms with van der Waals surface area (Å²) in [6.45, 7) is 6.56. The molecule has 0 aromatic heterocycles. The first kappa shape index (κ1) is 22.4. The molecular formula is C24H39F2NO3. The number of amides is 1. The van der Waals surface area contributed by atoms with Gasteiger partial charge in [0.2, 0.25) is 5.91 Å². The molecule has 4 saturated carbocycles. The summed E-state index contributed by atoms with van der Waals surface area (Å²) in [5.41, 5.74) is 4.93. The van der Waals surface area contributed by atoms with Crippen molar-refractivity contribution in [3.63, 3.8) is 0 Å². The molecule has 4 fully saturated rings. The van der Waals surface area contributed by atoms with Crippen LogP contribution in [0, 0.1) is 46.3 Å². The van der Waals surface area contributed by atoms with Crippen molar-refractivity contribution in [3.05, 3.63) is 0 Å². The van der Waals surface area contributed by atoms with Crippen molar-refractivity contribution in [1.82, 2.24) is 0 Å². The fourth-order valence-corrected chi connectivity index (χ4v) is 8.78. The lowest BCUT2D eigenvalue weighted by Gasteiger charge is -2.63. The first-order valence-electron chi connectivity index (χ1n) is 11.9. The zero-order valence-electron chi connectivity index (χ0n) is 18.6. The topological polar surface area (TPSA) is 83.6 Å². The summed E-state index contributed by atoms with van der Waals surface area (Å²) in [6, 6.07) is 0. The average Bonchev–Trinajstić information content (AvgIpc) is 2.99. The van der Waals surface area contributed by atoms with E-state index in [0.29, 0.717) is 30.6 Å². The molecule has 0 aromatic carbocycles. The van der Waals surface area contributed by atoms with Crippen LogP contribution in [0.4, 0.5) is 8.78 Å². The second-order valence-electron chi connectivity index (χ2n) is 11.7. The van der Waals surface area contributed by atoms with E-state index in [0.717, 1.165) is 32.1 Å². The number of halogens is 2. The van der Waals surface area contributed by atoms with Gasteiger partial charge < -0.3 is 15.9 Å². The van der Waals surface area contributed by atoms with Gasteiger partial charge in [-0.3, -0.25) is 4.79 Å². The molecule has 4 rings (SSSR count). The zero-order chi connectivity index (χ0) is 22.1. The first-order chi connectivity index (χ1) is 13.9. The summed E-state index contributed by atoms with van der Waals surface area (Å²) in [5.74, 6) is -1.98. The number of hydrogen-bond donors (Lipinski definition) is 3. The first-order valence-corrected chi connectivity index (χ1v) is 11.9. The molecule has 0 radical (unpaired) electrons. The predicted octanol–water partition coefficient (Wildman–Crippen LogP) is 4.12. The van der Waals surface area contributed by atoms with E-state index in [4.69, 9.17) is 5.73 Å². The largest absolute Gasteiger partial charge is 0.393 e. The van der Waals surface area contributed by atoms with Gasteiger partial charge in [-0.25, -0.2) is 8.78 Å². The van der Waals surface area contributed by atoms with Crippen molar-refractivity contribution < 1.29 is 23.8 Å². The number of alkyl halides is 2. The molecule has 0 aromatic rings. The van der Waals surface area contributed by atoms with Crippen molar-refractivity contribution in [3.8, 4) is 0 Å².